The number of rotatable bonds is 2. The van der Waals surface area contributed by atoms with Gasteiger partial charge in [0.1, 0.15) is 11.4 Å². The Bertz CT molecular complexity index is 244. The molecule has 0 fully saturated rings. The van der Waals surface area contributed by atoms with Gasteiger partial charge in [0.15, 0.2) is 0 Å². The average Bonchev–Trinajstić information content (AvgIpc) is 2.08. The van der Waals surface area contributed by atoms with E-state index in [0.717, 1.165) is 0 Å². The summed E-state index contributed by atoms with van der Waals surface area (Å²) in [5.74, 6) is 0.353. The molecule has 1 aliphatic heterocycles. The van der Waals surface area contributed by atoms with Crippen LogP contribution in [0, 0.1) is 0 Å². The number of hydrogen-bond acceptors (Lipinski definition) is 3. The van der Waals surface area contributed by atoms with E-state index in [2.05, 4.69) is 9.98 Å². The zero-order valence-electron chi connectivity index (χ0n) is 6.66. The van der Waals surface area contributed by atoms with Crippen LogP contribution in [0.1, 0.15) is 20.3 Å². The molecule has 1 rings (SSSR count). The summed E-state index contributed by atoms with van der Waals surface area (Å²) < 4.78 is 0. The Hall–Kier alpha value is -1.19. The normalized spacial score (nSPS) is 28.7. The lowest BCUT2D eigenvalue weighted by atomic mass is 10.0. The largest absolute Gasteiger partial charge is 0.370 e. The molecule has 0 aliphatic carbocycles. The molecule has 60 valence electrons. The summed E-state index contributed by atoms with van der Waals surface area (Å²) in [6, 6.07) is 0. The summed E-state index contributed by atoms with van der Waals surface area (Å²) in [6.07, 6.45) is 1.89. The minimum atomic E-state index is -0.490. The molecule has 1 heterocycles. The first-order valence-electron chi connectivity index (χ1n) is 3.42. The number of amides is 1. The molecule has 1 atom stereocenters. The zero-order valence-corrected chi connectivity index (χ0v) is 6.66. The van der Waals surface area contributed by atoms with Gasteiger partial charge < -0.3 is 5.73 Å². The predicted octanol–water partition coefficient (Wildman–Crippen LogP) is 0.123. The predicted molar refractivity (Wildman–Crippen MR) is 43.8 cm³/mol. The second-order valence-electron chi connectivity index (χ2n) is 2.92. The van der Waals surface area contributed by atoms with Crippen molar-refractivity contribution in [1.82, 2.24) is 0 Å². The van der Waals surface area contributed by atoms with Crippen molar-refractivity contribution in [3.8, 4) is 0 Å². The topological polar surface area (TPSA) is 67.8 Å². The van der Waals surface area contributed by atoms with Crippen LogP contribution in [-0.4, -0.2) is 23.5 Å². The summed E-state index contributed by atoms with van der Waals surface area (Å²) in [4.78, 5) is 18.7. The van der Waals surface area contributed by atoms with Gasteiger partial charge in [-0.2, -0.15) is 0 Å². The number of primary amides is 1. The van der Waals surface area contributed by atoms with Crippen molar-refractivity contribution in [3.05, 3.63) is 0 Å². The molecule has 0 radical (unpaired) electrons. The van der Waals surface area contributed by atoms with Crippen LogP contribution >= 0.6 is 0 Å². The van der Waals surface area contributed by atoms with Crippen molar-refractivity contribution in [2.45, 2.75) is 25.8 Å². The number of carbonyl (C=O) groups excluding carboxylic acids is 1. The molecule has 0 saturated heterocycles. The van der Waals surface area contributed by atoms with Crippen molar-refractivity contribution >= 4 is 18.0 Å². The van der Waals surface area contributed by atoms with E-state index in [1.807, 2.05) is 6.92 Å². The molecule has 0 aromatic rings. The third kappa shape index (κ3) is 1.86. The monoisotopic (exact) mass is 153 g/mol. The minimum Gasteiger partial charge on any atom is -0.370 e. The highest BCUT2D eigenvalue weighted by Crippen LogP contribution is 2.17. The lowest BCUT2D eigenvalue weighted by Gasteiger charge is -2.13. The number of amidine groups is 1. The Balaban J connectivity index is 2.71. The van der Waals surface area contributed by atoms with E-state index < -0.39 is 5.54 Å². The first-order valence-corrected chi connectivity index (χ1v) is 3.42. The van der Waals surface area contributed by atoms with Crippen LogP contribution in [0.5, 0.6) is 0 Å². The van der Waals surface area contributed by atoms with Crippen LogP contribution in [0.15, 0.2) is 9.98 Å². The van der Waals surface area contributed by atoms with Crippen LogP contribution in [0.3, 0.4) is 0 Å². The highest BCUT2D eigenvalue weighted by atomic mass is 16.1. The van der Waals surface area contributed by atoms with Gasteiger partial charge in [-0.3, -0.25) is 9.79 Å². The van der Waals surface area contributed by atoms with Crippen LogP contribution in [0.2, 0.25) is 0 Å². The van der Waals surface area contributed by atoms with Gasteiger partial charge in [-0.25, -0.2) is 4.99 Å². The summed E-state index contributed by atoms with van der Waals surface area (Å²) in [7, 11) is 0. The second kappa shape index (κ2) is 2.45. The molecular weight excluding hydrogens is 142 g/mol. The molecule has 0 aromatic carbocycles. The van der Waals surface area contributed by atoms with E-state index in [1.54, 1.807) is 13.1 Å². The van der Waals surface area contributed by atoms with Crippen molar-refractivity contribution in [2.24, 2.45) is 15.7 Å². The van der Waals surface area contributed by atoms with E-state index in [9.17, 15) is 4.79 Å². The van der Waals surface area contributed by atoms with Gasteiger partial charge in [0.05, 0.1) is 6.42 Å². The van der Waals surface area contributed by atoms with Gasteiger partial charge in [0.2, 0.25) is 5.91 Å². The van der Waals surface area contributed by atoms with Gasteiger partial charge in [-0.1, -0.05) is 0 Å². The zero-order chi connectivity index (χ0) is 8.48. The lowest BCUT2D eigenvalue weighted by molar-refractivity contribution is -0.118. The quantitative estimate of drug-likeness (QED) is 0.601. The van der Waals surface area contributed by atoms with Crippen molar-refractivity contribution in [3.63, 3.8) is 0 Å². The lowest BCUT2D eigenvalue weighted by Crippen LogP contribution is -2.29. The molecule has 0 bridgehead atoms. The Morgan fingerprint density at radius 1 is 1.82 bits per heavy atom. The van der Waals surface area contributed by atoms with Crippen LogP contribution in [0.4, 0.5) is 0 Å². The molecule has 0 saturated carbocycles. The standard InChI is InChI=1S/C7H11N3O/c1-5-9-4-7(2,10-5)3-6(8)11/h4H,3H2,1-2H3,(H2,8,11). The van der Waals surface area contributed by atoms with E-state index in [0.29, 0.717) is 5.84 Å². The number of nitrogens with two attached hydrogens (primary N) is 1. The van der Waals surface area contributed by atoms with Crippen LogP contribution in [0.25, 0.3) is 0 Å². The molecule has 2 N–H and O–H groups in total. The van der Waals surface area contributed by atoms with Crippen molar-refractivity contribution in [1.29, 1.82) is 0 Å². The molecule has 1 amide bonds. The first-order chi connectivity index (χ1) is 5.02. The average molecular weight is 153 g/mol. The maximum atomic E-state index is 10.6. The summed E-state index contributed by atoms with van der Waals surface area (Å²) >= 11 is 0. The fourth-order valence-corrected chi connectivity index (χ4v) is 1.10. The summed E-state index contributed by atoms with van der Waals surface area (Å²) in [6.45, 7) is 3.63. The Kier molecular flexibility index (Phi) is 1.76. The number of hydrogen-bond donors (Lipinski definition) is 1. The fourth-order valence-electron chi connectivity index (χ4n) is 1.10. The number of aliphatic imine (C=N–C) groups is 2. The van der Waals surface area contributed by atoms with Crippen LogP contribution < -0.4 is 5.73 Å². The Labute approximate surface area is 65.2 Å². The number of nitrogens with zero attached hydrogens (tertiary/aromatic N) is 2. The molecule has 4 nitrogen and oxygen atoms in total. The highest BCUT2D eigenvalue weighted by Gasteiger charge is 2.26. The van der Waals surface area contributed by atoms with E-state index in [4.69, 9.17) is 5.73 Å². The maximum absolute atomic E-state index is 10.6. The van der Waals surface area contributed by atoms with Crippen molar-refractivity contribution < 1.29 is 4.79 Å². The molecule has 1 unspecified atom stereocenters. The van der Waals surface area contributed by atoms with Gasteiger partial charge >= 0.3 is 0 Å². The maximum Gasteiger partial charge on any atom is 0.220 e. The third-order valence-electron chi connectivity index (χ3n) is 1.48. The molecule has 4 heteroatoms. The highest BCUT2D eigenvalue weighted by molar-refractivity contribution is 5.98. The Morgan fingerprint density at radius 3 is 2.82 bits per heavy atom. The molecule has 1 aliphatic rings. The first kappa shape index (κ1) is 7.91. The Morgan fingerprint density at radius 2 is 2.45 bits per heavy atom. The smallest absolute Gasteiger partial charge is 0.220 e. The molecular formula is C7H11N3O. The molecule has 0 aromatic heterocycles. The third-order valence-corrected chi connectivity index (χ3v) is 1.48. The fraction of sp³-hybridized carbons (Fsp3) is 0.571. The second-order valence-corrected chi connectivity index (χ2v) is 2.92. The summed E-state index contributed by atoms with van der Waals surface area (Å²) in [5, 5.41) is 0. The van der Waals surface area contributed by atoms with Crippen LogP contribution in [-0.2, 0) is 4.79 Å². The summed E-state index contributed by atoms with van der Waals surface area (Å²) in [5.41, 5.74) is 4.54. The van der Waals surface area contributed by atoms with Crippen molar-refractivity contribution in [2.75, 3.05) is 0 Å². The van der Waals surface area contributed by atoms with Gasteiger partial charge in [-0.05, 0) is 13.8 Å². The van der Waals surface area contributed by atoms with E-state index >= 15 is 0 Å². The minimum absolute atomic E-state index is 0.230. The number of carbonyl (C=O) groups is 1. The molecule has 11 heavy (non-hydrogen) atoms. The SMILES string of the molecule is CC1=NC(C)(CC(N)=O)C=N1. The van der Waals surface area contributed by atoms with Gasteiger partial charge in [-0.15, -0.1) is 0 Å². The molecule has 0 spiro atoms. The van der Waals surface area contributed by atoms with E-state index in [-0.39, 0.29) is 12.3 Å². The van der Waals surface area contributed by atoms with Gasteiger partial charge in [0, 0.05) is 6.21 Å². The van der Waals surface area contributed by atoms with Gasteiger partial charge in [0.25, 0.3) is 0 Å². The van der Waals surface area contributed by atoms with E-state index in [1.165, 1.54) is 0 Å².